The highest BCUT2D eigenvalue weighted by Gasteiger charge is 2.43. The highest BCUT2D eigenvalue weighted by Crippen LogP contribution is 2.47. The first-order valence-corrected chi connectivity index (χ1v) is 7.86. The second-order valence-electron chi connectivity index (χ2n) is 6.62. The van der Waals surface area contributed by atoms with Crippen LogP contribution in [-0.2, 0) is 5.41 Å². The molecule has 0 aliphatic carbocycles. The normalized spacial score (nSPS) is 14.0. The van der Waals surface area contributed by atoms with Gasteiger partial charge in [-0.3, -0.25) is 0 Å². The standard InChI is InChI=1S/C18H31NO/c1-13(2)18(14(3)4,15(5)8-7-11-19)16-9-6-10-17(20)12-16/h6,9-10,12-15,20H,7-8,11,19H2,1-5H3. The lowest BCUT2D eigenvalue weighted by atomic mass is 9.57. The van der Waals surface area contributed by atoms with Crippen LogP contribution in [0.4, 0.5) is 0 Å². The molecule has 1 aromatic rings. The van der Waals surface area contributed by atoms with E-state index in [9.17, 15) is 5.11 Å². The number of phenolic OH excluding ortho intramolecular Hbond substituents is 1. The third-order valence-corrected chi connectivity index (χ3v) is 4.91. The highest BCUT2D eigenvalue weighted by molar-refractivity contribution is 5.35. The van der Waals surface area contributed by atoms with Gasteiger partial charge < -0.3 is 10.8 Å². The average Bonchev–Trinajstić information content (AvgIpc) is 2.36. The van der Waals surface area contributed by atoms with Gasteiger partial charge in [-0.1, -0.05) is 46.8 Å². The van der Waals surface area contributed by atoms with Gasteiger partial charge in [0.05, 0.1) is 0 Å². The minimum Gasteiger partial charge on any atom is -0.508 e. The summed E-state index contributed by atoms with van der Waals surface area (Å²) in [4.78, 5) is 0. The van der Waals surface area contributed by atoms with E-state index in [4.69, 9.17) is 5.73 Å². The molecule has 0 fully saturated rings. The van der Waals surface area contributed by atoms with Crippen LogP contribution in [0.25, 0.3) is 0 Å². The molecule has 0 saturated heterocycles. The molecule has 2 nitrogen and oxygen atoms in total. The Balaban J connectivity index is 3.31. The zero-order valence-electron chi connectivity index (χ0n) is 13.7. The highest BCUT2D eigenvalue weighted by atomic mass is 16.3. The molecule has 1 atom stereocenters. The topological polar surface area (TPSA) is 46.2 Å². The van der Waals surface area contributed by atoms with E-state index in [1.807, 2.05) is 12.1 Å². The van der Waals surface area contributed by atoms with Crippen molar-refractivity contribution in [2.45, 2.75) is 52.9 Å². The van der Waals surface area contributed by atoms with Crippen LogP contribution >= 0.6 is 0 Å². The van der Waals surface area contributed by atoms with E-state index in [1.165, 1.54) is 5.56 Å². The van der Waals surface area contributed by atoms with Crippen LogP contribution in [0.5, 0.6) is 5.75 Å². The Kier molecular flexibility index (Phi) is 6.07. The van der Waals surface area contributed by atoms with Crippen molar-refractivity contribution in [2.24, 2.45) is 23.5 Å². The molecule has 0 aliphatic rings. The number of rotatable bonds is 7. The first-order valence-electron chi connectivity index (χ1n) is 7.86. The fourth-order valence-corrected chi connectivity index (χ4v) is 4.19. The largest absolute Gasteiger partial charge is 0.508 e. The van der Waals surface area contributed by atoms with E-state index >= 15 is 0 Å². The molecular weight excluding hydrogens is 246 g/mol. The fourth-order valence-electron chi connectivity index (χ4n) is 4.19. The molecule has 0 aliphatic heterocycles. The summed E-state index contributed by atoms with van der Waals surface area (Å²) in [6, 6.07) is 7.82. The molecule has 20 heavy (non-hydrogen) atoms. The number of nitrogens with two attached hydrogens (primary N) is 1. The van der Waals surface area contributed by atoms with Gasteiger partial charge in [0.25, 0.3) is 0 Å². The maximum absolute atomic E-state index is 9.88. The summed E-state index contributed by atoms with van der Waals surface area (Å²) in [5, 5.41) is 9.88. The summed E-state index contributed by atoms with van der Waals surface area (Å²) in [7, 11) is 0. The molecule has 0 saturated carbocycles. The molecule has 3 N–H and O–H groups in total. The molecular formula is C18H31NO. The Hall–Kier alpha value is -1.02. The maximum atomic E-state index is 9.88. The van der Waals surface area contributed by atoms with Crippen molar-refractivity contribution < 1.29 is 5.11 Å². The van der Waals surface area contributed by atoms with Crippen molar-refractivity contribution in [3.05, 3.63) is 29.8 Å². The molecule has 0 heterocycles. The zero-order chi connectivity index (χ0) is 15.3. The molecule has 1 rings (SSSR count). The van der Waals surface area contributed by atoms with Crippen molar-refractivity contribution in [3.63, 3.8) is 0 Å². The van der Waals surface area contributed by atoms with Crippen LogP contribution in [0.2, 0.25) is 0 Å². The predicted molar refractivity (Wildman–Crippen MR) is 86.9 cm³/mol. The summed E-state index contributed by atoms with van der Waals surface area (Å²) >= 11 is 0. The summed E-state index contributed by atoms with van der Waals surface area (Å²) in [5.74, 6) is 1.92. The van der Waals surface area contributed by atoms with Gasteiger partial charge in [0.15, 0.2) is 0 Å². The van der Waals surface area contributed by atoms with E-state index in [0.29, 0.717) is 23.5 Å². The lowest BCUT2D eigenvalue weighted by Crippen LogP contribution is -2.44. The molecule has 0 amide bonds. The average molecular weight is 277 g/mol. The van der Waals surface area contributed by atoms with E-state index in [-0.39, 0.29) is 5.41 Å². The van der Waals surface area contributed by atoms with E-state index < -0.39 is 0 Å². The monoisotopic (exact) mass is 277 g/mol. The van der Waals surface area contributed by atoms with Gasteiger partial charge in [-0.15, -0.1) is 0 Å². The maximum Gasteiger partial charge on any atom is 0.115 e. The number of hydrogen-bond acceptors (Lipinski definition) is 2. The number of benzene rings is 1. The van der Waals surface area contributed by atoms with E-state index in [2.05, 4.69) is 40.7 Å². The van der Waals surface area contributed by atoms with Crippen LogP contribution in [0.15, 0.2) is 24.3 Å². The summed E-state index contributed by atoms with van der Waals surface area (Å²) < 4.78 is 0. The van der Waals surface area contributed by atoms with Gasteiger partial charge in [-0.25, -0.2) is 0 Å². The lowest BCUT2D eigenvalue weighted by molar-refractivity contribution is 0.128. The molecule has 1 unspecified atom stereocenters. The SMILES string of the molecule is CC(C)C(c1cccc(O)c1)(C(C)C)C(C)CCCN. The van der Waals surface area contributed by atoms with Gasteiger partial charge in [-0.05, 0) is 54.8 Å². The van der Waals surface area contributed by atoms with Crippen LogP contribution in [0, 0.1) is 17.8 Å². The summed E-state index contributed by atoms with van der Waals surface area (Å²) in [6.07, 6.45) is 2.18. The van der Waals surface area contributed by atoms with Gasteiger partial charge in [0.2, 0.25) is 0 Å². The van der Waals surface area contributed by atoms with E-state index in [0.717, 1.165) is 19.4 Å². The minimum absolute atomic E-state index is 0.0773. The lowest BCUT2D eigenvalue weighted by Gasteiger charge is -2.47. The third-order valence-electron chi connectivity index (χ3n) is 4.91. The van der Waals surface area contributed by atoms with Crippen molar-refractivity contribution in [3.8, 4) is 5.75 Å². The van der Waals surface area contributed by atoms with Crippen molar-refractivity contribution in [1.82, 2.24) is 0 Å². The Morgan fingerprint density at radius 2 is 1.70 bits per heavy atom. The van der Waals surface area contributed by atoms with Gasteiger partial charge in [0, 0.05) is 5.41 Å². The third kappa shape index (κ3) is 3.17. The molecule has 1 aromatic carbocycles. The molecule has 2 heteroatoms. The quantitative estimate of drug-likeness (QED) is 0.779. The Labute approximate surface area is 124 Å². The minimum atomic E-state index is 0.0773. The smallest absolute Gasteiger partial charge is 0.115 e. The Morgan fingerprint density at radius 3 is 2.15 bits per heavy atom. The second kappa shape index (κ2) is 7.12. The number of phenols is 1. The molecule has 0 radical (unpaired) electrons. The van der Waals surface area contributed by atoms with Crippen molar-refractivity contribution >= 4 is 0 Å². The number of aromatic hydroxyl groups is 1. The molecule has 114 valence electrons. The molecule has 0 aromatic heterocycles. The summed E-state index contributed by atoms with van der Waals surface area (Å²) in [5.41, 5.74) is 7.03. The van der Waals surface area contributed by atoms with Crippen LogP contribution in [0.3, 0.4) is 0 Å². The van der Waals surface area contributed by atoms with Gasteiger partial charge >= 0.3 is 0 Å². The second-order valence-corrected chi connectivity index (χ2v) is 6.62. The van der Waals surface area contributed by atoms with Crippen LogP contribution < -0.4 is 5.73 Å². The Bertz CT molecular complexity index is 404. The molecule has 0 bridgehead atoms. The van der Waals surface area contributed by atoms with Crippen LogP contribution in [-0.4, -0.2) is 11.7 Å². The predicted octanol–water partition coefficient (Wildman–Crippen LogP) is 4.32. The van der Waals surface area contributed by atoms with Gasteiger partial charge in [0.1, 0.15) is 5.75 Å². The first-order chi connectivity index (χ1) is 9.37. The van der Waals surface area contributed by atoms with Crippen molar-refractivity contribution in [1.29, 1.82) is 0 Å². The van der Waals surface area contributed by atoms with Crippen LogP contribution in [0.1, 0.15) is 53.0 Å². The fraction of sp³-hybridized carbons (Fsp3) is 0.667. The zero-order valence-corrected chi connectivity index (χ0v) is 13.7. The van der Waals surface area contributed by atoms with E-state index in [1.54, 1.807) is 6.07 Å². The summed E-state index contributed by atoms with van der Waals surface area (Å²) in [6.45, 7) is 12.3. The molecule has 0 spiro atoms. The van der Waals surface area contributed by atoms with Gasteiger partial charge in [-0.2, -0.15) is 0 Å². The number of hydrogen-bond donors (Lipinski definition) is 2. The first kappa shape index (κ1) is 17.0. The Morgan fingerprint density at radius 1 is 1.10 bits per heavy atom. The van der Waals surface area contributed by atoms with Crippen molar-refractivity contribution in [2.75, 3.05) is 6.54 Å².